The number of oxazole rings is 1. The number of benzene rings is 2. The van der Waals surface area contributed by atoms with Gasteiger partial charge >= 0.3 is 5.84 Å². The van der Waals surface area contributed by atoms with Crippen molar-refractivity contribution in [2.75, 3.05) is 0 Å². The Morgan fingerprint density at radius 2 is 1.11 bits per heavy atom. The van der Waals surface area contributed by atoms with Gasteiger partial charge in [0, 0.05) is 60.7 Å². The minimum atomic E-state index is -0.713. The van der Waals surface area contributed by atoms with Gasteiger partial charge in [-0.1, -0.05) is 27.7 Å². The number of fused-ring (bicyclic) bond motifs is 4. The lowest BCUT2D eigenvalue weighted by Crippen LogP contribution is -2.03. The standard InChI is InChI=1S/C20H17F2N7.C19H14F2N6O/c1-11(2)19-25-24-16-7-6-15(26-29(16)19)18-17(13-5-4-12(21)10-14(13)22)23-20-27(3)8-9-28(18)20;1-10(2)18-24-23-15-6-5-14(25-27(15)18)17-16(22-19-26(17)7-8-28-19)12-4-3-11(20)9-13(12)21/h4-11H,1-3H3;3-10H,1-2H3. The average Bonchev–Trinajstić information content (AvgIpc) is 4.02. The van der Waals surface area contributed by atoms with Crippen LogP contribution in [0.3, 0.4) is 0 Å². The molecule has 286 valence electrons. The maximum Gasteiger partial charge on any atom is 0.306 e. The first-order valence-electron chi connectivity index (χ1n) is 17.8. The van der Waals surface area contributed by atoms with Crippen LogP contribution in [0.5, 0.6) is 0 Å². The number of rotatable bonds is 6. The van der Waals surface area contributed by atoms with E-state index in [1.165, 1.54) is 30.5 Å². The summed E-state index contributed by atoms with van der Waals surface area (Å²) in [6, 6.07) is 14.0. The van der Waals surface area contributed by atoms with Crippen LogP contribution >= 0.6 is 0 Å². The van der Waals surface area contributed by atoms with Crippen LogP contribution in [0, 0.1) is 23.3 Å². The van der Waals surface area contributed by atoms with Crippen LogP contribution in [-0.2, 0) is 7.05 Å². The second-order valence-electron chi connectivity index (χ2n) is 13.9. The van der Waals surface area contributed by atoms with Crippen LogP contribution in [0.4, 0.5) is 17.6 Å². The van der Waals surface area contributed by atoms with Gasteiger partial charge in [-0.05, 0) is 48.5 Å². The van der Waals surface area contributed by atoms with Gasteiger partial charge in [0.1, 0.15) is 63.7 Å². The molecule has 57 heavy (non-hydrogen) atoms. The third-order valence-electron chi connectivity index (χ3n) is 9.37. The zero-order valence-corrected chi connectivity index (χ0v) is 31.0. The minimum absolute atomic E-state index is 0.117. The van der Waals surface area contributed by atoms with Gasteiger partial charge in [0.05, 0.1) is 0 Å². The van der Waals surface area contributed by atoms with Gasteiger partial charge < -0.3 is 8.98 Å². The third kappa shape index (κ3) is 5.96. The highest BCUT2D eigenvalue weighted by Gasteiger charge is 2.25. The monoisotopic (exact) mass is 773 g/mol. The molecular weight excluding hydrogens is 743 g/mol. The van der Waals surface area contributed by atoms with Crippen molar-refractivity contribution in [3.63, 3.8) is 0 Å². The van der Waals surface area contributed by atoms with E-state index in [1.807, 2.05) is 62.2 Å². The van der Waals surface area contributed by atoms with Crippen LogP contribution in [0.15, 0.2) is 89.9 Å². The fraction of sp³-hybridized carbons (Fsp3) is 0.179. The molecule has 8 aromatic heterocycles. The molecule has 0 saturated heterocycles. The Kier molecular flexibility index (Phi) is 8.40. The summed E-state index contributed by atoms with van der Waals surface area (Å²) in [7, 11) is 1.85. The second kappa shape index (κ2) is 13.5. The lowest BCUT2D eigenvalue weighted by molar-refractivity contribution is 0.584. The molecule has 18 heteroatoms. The Bertz CT molecular complexity index is 3130. The van der Waals surface area contributed by atoms with Crippen molar-refractivity contribution in [2.45, 2.75) is 39.5 Å². The summed E-state index contributed by atoms with van der Waals surface area (Å²) in [5.74, 6) is -0.104. The van der Waals surface area contributed by atoms with Gasteiger partial charge in [-0.2, -0.15) is 24.2 Å². The molecule has 0 fully saturated rings. The highest BCUT2D eigenvalue weighted by molar-refractivity contribution is 5.81. The predicted octanol–water partition coefficient (Wildman–Crippen LogP) is 7.95. The van der Waals surface area contributed by atoms with Crippen molar-refractivity contribution in [2.24, 2.45) is 7.05 Å². The van der Waals surface area contributed by atoms with E-state index in [0.717, 1.165) is 18.0 Å². The molecular formula is C39H31F4N13O. The predicted molar refractivity (Wildman–Crippen MR) is 200 cm³/mol. The number of hydrogen-bond donors (Lipinski definition) is 0. The summed E-state index contributed by atoms with van der Waals surface area (Å²) in [5, 5.41) is 26.0. The Morgan fingerprint density at radius 3 is 1.63 bits per heavy atom. The molecule has 0 bridgehead atoms. The van der Waals surface area contributed by atoms with Crippen LogP contribution in [0.1, 0.15) is 51.2 Å². The van der Waals surface area contributed by atoms with E-state index >= 15 is 0 Å². The molecule has 0 aliphatic rings. The number of imidazole rings is 3. The molecule has 0 N–H and O–H groups in total. The van der Waals surface area contributed by atoms with Gasteiger partial charge in [0.25, 0.3) is 0 Å². The molecule has 0 spiro atoms. The molecule has 2 aromatic carbocycles. The van der Waals surface area contributed by atoms with Crippen molar-refractivity contribution in [3.8, 4) is 45.3 Å². The largest absolute Gasteiger partial charge is 0.432 e. The third-order valence-corrected chi connectivity index (χ3v) is 9.37. The van der Waals surface area contributed by atoms with Crippen LogP contribution in [-0.4, -0.2) is 63.0 Å². The quantitative estimate of drug-likeness (QED) is 0.154. The molecule has 0 atom stereocenters. The Labute approximate surface area is 319 Å². The number of halogens is 4. The molecule has 0 amide bonds. The number of aromatic nitrogens is 13. The van der Waals surface area contributed by atoms with Crippen molar-refractivity contribution >= 4 is 22.9 Å². The summed E-state index contributed by atoms with van der Waals surface area (Å²) in [5.41, 5.74) is 4.54. The van der Waals surface area contributed by atoms with Crippen LogP contribution < -0.4 is 0 Å². The molecule has 0 saturated carbocycles. The SMILES string of the molecule is CC(C)c1nnc2ccc(-c3c(-c4ccc(F)cc4F)nc4n(C)ccn34)nn12.CC(C)c1nnc2ccc(-c3c(-c4ccc(F)cc4F)nc4occn34)nn12. The lowest BCUT2D eigenvalue weighted by Gasteiger charge is -2.07. The normalized spacial score (nSPS) is 11.9. The zero-order valence-electron chi connectivity index (χ0n) is 31.0. The Balaban J connectivity index is 0.000000148. The van der Waals surface area contributed by atoms with Crippen LogP contribution in [0.25, 0.3) is 68.2 Å². The molecule has 10 aromatic rings. The number of hydrogen-bond acceptors (Lipinski definition) is 9. The van der Waals surface area contributed by atoms with Gasteiger partial charge in [-0.15, -0.1) is 20.4 Å². The summed E-state index contributed by atoms with van der Waals surface area (Å²) in [6.07, 6.45) is 6.84. The first-order chi connectivity index (χ1) is 27.5. The highest BCUT2D eigenvalue weighted by atomic mass is 19.1. The molecule has 0 radical (unpaired) electrons. The molecule has 0 unspecified atom stereocenters. The summed E-state index contributed by atoms with van der Waals surface area (Å²) >= 11 is 0. The molecule has 0 aliphatic carbocycles. The Morgan fingerprint density at radius 1 is 0.579 bits per heavy atom. The van der Waals surface area contributed by atoms with Crippen molar-refractivity contribution in [1.82, 2.24) is 63.0 Å². The number of aryl methyl sites for hydroxylation is 1. The van der Waals surface area contributed by atoms with Crippen molar-refractivity contribution in [1.29, 1.82) is 0 Å². The summed E-state index contributed by atoms with van der Waals surface area (Å²) < 4.78 is 70.0. The molecule has 0 aliphatic heterocycles. The van der Waals surface area contributed by atoms with Crippen LogP contribution in [0.2, 0.25) is 0 Å². The van der Waals surface area contributed by atoms with E-state index in [0.29, 0.717) is 57.1 Å². The first kappa shape index (κ1) is 35.5. The maximum absolute atomic E-state index is 14.6. The molecule has 14 nitrogen and oxygen atoms in total. The van der Waals surface area contributed by atoms with Gasteiger partial charge in [-0.25, -0.2) is 22.5 Å². The average molecular weight is 774 g/mol. The van der Waals surface area contributed by atoms with Crippen molar-refractivity contribution < 1.29 is 22.0 Å². The van der Waals surface area contributed by atoms with Gasteiger partial charge in [0.2, 0.25) is 5.78 Å². The minimum Gasteiger partial charge on any atom is -0.432 e. The van der Waals surface area contributed by atoms with E-state index in [-0.39, 0.29) is 28.8 Å². The number of nitrogens with zero attached hydrogens (tertiary/aromatic N) is 13. The van der Waals surface area contributed by atoms with E-state index in [1.54, 1.807) is 37.8 Å². The lowest BCUT2D eigenvalue weighted by atomic mass is 10.1. The van der Waals surface area contributed by atoms with E-state index in [9.17, 15) is 17.6 Å². The highest BCUT2D eigenvalue weighted by Crippen LogP contribution is 2.35. The van der Waals surface area contributed by atoms with E-state index in [2.05, 4.69) is 35.5 Å². The van der Waals surface area contributed by atoms with E-state index in [4.69, 9.17) is 9.52 Å². The zero-order chi connectivity index (χ0) is 39.7. The molecule has 10 rings (SSSR count). The topological polar surface area (TPSA) is 139 Å². The molecule has 8 heterocycles. The summed E-state index contributed by atoms with van der Waals surface area (Å²) in [6.45, 7) is 8.02. The fourth-order valence-corrected chi connectivity index (χ4v) is 6.64. The van der Waals surface area contributed by atoms with Gasteiger partial charge in [0.15, 0.2) is 22.9 Å². The van der Waals surface area contributed by atoms with Crippen molar-refractivity contribution in [3.05, 3.63) is 120 Å². The maximum atomic E-state index is 14.6. The van der Waals surface area contributed by atoms with E-state index < -0.39 is 23.3 Å². The smallest absolute Gasteiger partial charge is 0.306 e. The first-order valence-corrected chi connectivity index (χ1v) is 17.8. The van der Waals surface area contributed by atoms with Gasteiger partial charge in [-0.3, -0.25) is 8.80 Å². The fourth-order valence-electron chi connectivity index (χ4n) is 6.64. The summed E-state index contributed by atoms with van der Waals surface area (Å²) in [4.78, 5) is 9.01. The Hall–Kier alpha value is -7.24. The second-order valence-corrected chi connectivity index (χ2v) is 13.9.